The van der Waals surface area contributed by atoms with Crippen molar-refractivity contribution in [1.29, 1.82) is 5.26 Å². The van der Waals surface area contributed by atoms with E-state index in [-0.39, 0.29) is 11.9 Å². The van der Waals surface area contributed by atoms with Crippen molar-refractivity contribution in [3.8, 4) is 6.07 Å². The number of benzene rings is 1. The molecule has 1 fully saturated rings. The van der Waals surface area contributed by atoms with Gasteiger partial charge in [0.05, 0.1) is 18.1 Å². The van der Waals surface area contributed by atoms with E-state index in [1.54, 1.807) is 12.1 Å². The lowest BCUT2D eigenvalue weighted by Gasteiger charge is -2.27. The normalized spacial score (nSPS) is 20.6. The number of carbonyl (C=O) groups is 1. The number of hydrogen-bond acceptors (Lipinski definition) is 2. The molecule has 1 aliphatic rings. The Bertz CT molecular complexity index is 513. The molecular weight excluding hydrogens is 248 g/mol. The summed E-state index contributed by atoms with van der Waals surface area (Å²) in [6.07, 6.45) is 1.67. The monoisotopic (exact) mass is 270 g/mol. The van der Waals surface area contributed by atoms with Crippen molar-refractivity contribution < 1.29 is 4.79 Å². The van der Waals surface area contributed by atoms with Gasteiger partial charge in [0, 0.05) is 12.6 Å². The molecule has 1 amide bonds. The summed E-state index contributed by atoms with van der Waals surface area (Å²) in [6, 6.07) is 9.61. The Balaban J connectivity index is 1.98. The van der Waals surface area contributed by atoms with Gasteiger partial charge in [-0.25, -0.2) is 0 Å². The standard InChI is InChI=1S/C17H22N2O/c1-12(2)19(11-16-8-13(16)3)17(20)9-14-4-6-15(10-18)7-5-14/h4-7,12-13,16H,8-9,11H2,1-3H3/t13-,16-/m1/s1. The third-order valence-corrected chi connectivity index (χ3v) is 4.09. The zero-order chi connectivity index (χ0) is 14.7. The van der Waals surface area contributed by atoms with Gasteiger partial charge in [-0.15, -0.1) is 0 Å². The molecule has 3 nitrogen and oxygen atoms in total. The van der Waals surface area contributed by atoms with E-state index in [1.165, 1.54) is 6.42 Å². The fraction of sp³-hybridized carbons (Fsp3) is 0.529. The molecule has 1 aromatic rings. The number of nitriles is 1. The Hall–Kier alpha value is -1.82. The lowest BCUT2D eigenvalue weighted by atomic mass is 10.1. The molecule has 3 heteroatoms. The van der Waals surface area contributed by atoms with Crippen LogP contribution in [0.5, 0.6) is 0 Å². The van der Waals surface area contributed by atoms with Crippen molar-refractivity contribution in [2.45, 2.75) is 39.7 Å². The largest absolute Gasteiger partial charge is 0.340 e. The quantitative estimate of drug-likeness (QED) is 0.825. The summed E-state index contributed by atoms with van der Waals surface area (Å²) in [5.74, 6) is 1.63. The Morgan fingerprint density at radius 3 is 2.45 bits per heavy atom. The van der Waals surface area contributed by atoms with Crippen LogP contribution in [0.1, 0.15) is 38.3 Å². The van der Waals surface area contributed by atoms with Crippen LogP contribution in [0.2, 0.25) is 0 Å². The fourth-order valence-corrected chi connectivity index (χ4v) is 2.48. The molecule has 0 unspecified atom stereocenters. The van der Waals surface area contributed by atoms with Gasteiger partial charge in [0.15, 0.2) is 0 Å². The second-order valence-corrected chi connectivity index (χ2v) is 6.10. The molecule has 0 radical (unpaired) electrons. The second kappa shape index (κ2) is 6.09. The maximum Gasteiger partial charge on any atom is 0.227 e. The molecule has 1 saturated carbocycles. The minimum atomic E-state index is 0.184. The first-order valence-electron chi connectivity index (χ1n) is 7.29. The number of carbonyl (C=O) groups excluding carboxylic acids is 1. The summed E-state index contributed by atoms with van der Waals surface area (Å²) >= 11 is 0. The van der Waals surface area contributed by atoms with E-state index in [1.807, 2.05) is 17.0 Å². The molecule has 20 heavy (non-hydrogen) atoms. The van der Waals surface area contributed by atoms with Gasteiger partial charge in [0.1, 0.15) is 0 Å². The highest BCUT2D eigenvalue weighted by Gasteiger charge is 2.35. The summed E-state index contributed by atoms with van der Waals surface area (Å²) < 4.78 is 0. The van der Waals surface area contributed by atoms with Crippen molar-refractivity contribution >= 4 is 5.91 Å². The number of amides is 1. The SMILES string of the molecule is CC(C)N(C[C@H]1C[C@H]1C)C(=O)Cc1ccc(C#N)cc1. The Morgan fingerprint density at radius 1 is 1.40 bits per heavy atom. The maximum absolute atomic E-state index is 12.4. The van der Waals surface area contributed by atoms with Gasteiger partial charge in [0.2, 0.25) is 5.91 Å². The van der Waals surface area contributed by atoms with Crippen LogP contribution < -0.4 is 0 Å². The van der Waals surface area contributed by atoms with E-state index < -0.39 is 0 Å². The predicted molar refractivity (Wildman–Crippen MR) is 79.0 cm³/mol. The predicted octanol–water partition coefficient (Wildman–Crippen LogP) is 2.99. The smallest absolute Gasteiger partial charge is 0.227 e. The summed E-state index contributed by atoms with van der Waals surface area (Å²) in [5.41, 5.74) is 1.61. The average Bonchev–Trinajstić information content (AvgIpc) is 3.12. The van der Waals surface area contributed by atoms with Crippen LogP contribution in [0.15, 0.2) is 24.3 Å². The van der Waals surface area contributed by atoms with Crippen LogP contribution in [-0.4, -0.2) is 23.4 Å². The van der Waals surface area contributed by atoms with E-state index in [9.17, 15) is 4.79 Å². The molecule has 0 spiro atoms. The molecule has 0 aliphatic heterocycles. The summed E-state index contributed by atoms with van der Waals surface area (Å²) in [4.78, 5) is 14.4. The minimum absolute atomic E-state index is 0.184. The van der Waals surface area contributed by atoms with Gasteiger partial charge in [-0.2, -0.15) is 5.26 Å². The van der Waals surface area contributed by atoms with Gasteiger partial charge >= 0.3 is 0 Å². The van der Waals surface area contributed by atoms with E-state index >= 15 is 0 Å². The number of hydrogen-bond donors (Lipinski definition) is 0. The minimum Gasteiger partial charge on any atom is -0.340 e. The third kappa shape index (κ3) is 3.60. The van der Waals surface area contributed by atoms with Gasteiger partial charge in [-0.3, -0.25) is 4.79 Å². The molecule has 0 saturated heterocycles. The molecular formula is C17H22N2O. The first-order valence-corrected chi connectivity index (χ1v) is 7.29. The van der Waals surface area contributed by atoms with E-state index in [0.29, 0.717) is 17.9 Å². The zero-order valence-corrected chi connectivity index (χ0v) is 12.5. The Morgan fingerprint density at radius 2 is 2.00 bits per heavy atom. The first kappa shape index (κ1) is 14.6. The average molecular weight is 270 g/mol. The van der Waals surface area contributed by atoms with Gasteiger partial charge < -0.3 is 4.90 Å². The molecule has 1 aromatic carbocycles. The molecule has 1 aliphatic carbocycles. The topological polar surface area (TPSA) is 44.1 Å². The molecule has 0 bridgehead atoms. The van der Waals surface area contributed by atoms with Crippen LogP contribution in [-0.2, 0) is 11.2 Å². The van der Waals surface area contributed by atoms with E-state index in [4.69, 9.17) is 5.26 Å². The lowest BCUT2D eigenvalue weighted by molar-refractivity contribution is -0.132. The molecule has 0 aromatic heterocycles. The second-order valence-electron chi connectivity index (χ2n) is 6.10. The van der Waals surface area contributed by atoms with Crippen molar-refractivity contribution in [1.82, 2.24) is 4.90 Å². The van der Waals surface area contributed by atoms with Gasteiger partial charge in [0.25, 0.3) is 0 Å². The maximum atomic E-state index is 12.4. The highest BCUT2D eigenvalue weighted by molar-refractivity contribution is 5.79. The van der Waals surface area contributed by atoms with Crippen LogP contribution in [0.3, 0.4) is 0 Å². The van der Waals surface area contributed by atoms with Crippen LogP contribution in [0.4, 0.5) is 0 Å². The Kier molecular flexibility index (Phi) is 4.44. The fourth-order valence-electron chi connectivity index (χ4n) is 2.48. The van der Waals surface area contributed by atoms with E-state index in [2.05, 4.69) is 26.8 Å². The Labute approximate surface area is 121 Å². The highest BCUT2D eigenvalue weighted by Crippen LogP contribution is 2.38. The summed E-state index contributed by atoms with van der Waals surface area (Å²) in [6.45, 7) is 7.27. The first-order chi connectivity index (χ1) is 9.51. The lowest BCUT2D eigenvalue weighted by Crippen LogP contribution is -2.39. The number of rotatable bonds is 5. The summed E-state index contributed by atoms with van der Waals surface area (Å²) in [7, 11) is 0. The van der Waals surface area contributed by atoms with Crippen molar-refractivity contribution in [3.63, 3.8) is 0 Å². The molecule has 0 heterocycles. The van der Waals surface area contributed by atoms with Crippen LogP contribution in [0.25, 0.3) is 0 Å². The van der Waals surface area contributed by atoms with Crippen molar-refractivity contribution in [2.75, 3.05) is 6.54 Å². The number of nitrogens with zero attached hydrogens (tertiary/aromatic N) is 2. The molecule has 2 atom stereocenters. The third-order valence-electron chi connectivity index (χ3n) is 4.09. The summed E-state index contributed by atoms with van der Waals surface area (Å²) in [5, 5.41) is 8.78. The van der Waals surface area contributed by atoms with Crippen LogP contribution >= 0.6 is 0 Å². The molecule has 106 valence electrons. The van der Waals surface area contributed by atoms with Gasteiger partial charge in [-0.05, 0) is 49.8 Å². The van der Waals surface area contributed by atoms with Crippen molar-refractivity contribution in [2.24, 2.45) is 11.8 Å². The van der Waals surface area contributed by atoms with E-state index in [0.717, 1.165) is 18.0 Å². The zero-order valence-electron chi connectivity index (χ0n) is 12.5. The van der Waals surface area contributed by atoms with Crippen LogP contribution in [0, 0.1) is 23.2 Å². The molecule has 0 N–H and O–H groups in total. The van der Waals surface area contributed by atoms with Gasteiger partial charge in [-0.1, -0.05) is 19.1 Å². The highest BCUT2D eigenvalue weighted by atomic mass is 16.2. The van der Waals surface area contributed by atoms with Crippen molar-refractivity contribution in [3.05, 3.63) is 35.4 Å². The molecule has 2 rings (SSSR count).